The molecule has 4 heteroatoms. The molecule has 27 heavy (non-hydrogen) atoms. The number of para-hydroxylation sites is 4. The Balaban J connectivity index is 1.83. The van der Waals surface area contributed by atoms with Crippen LogP contribution in [0.1, 0.15) is 51.3 Å². The van der Waals surface area contributed by atoms with Gasteiger partial charge < -0.3 is 8.83 Å². The number of benzene rings is 2. The Morgan fingerprint density at radius 3 is 1.93 bits per heavy atom. The number of allylic oxidation sites excluding steroid dienone is 1. The van der Waals surface area contributed by atoms with Crippen LogP contribution in [0, 0.1) is 5.92 Å². The maximum absolute atomic E-state index is 6.05. The van der Waals surface area contributed by atoms with Crippen molar-refractivity contribution in [3.8, 4) is 0 Å². The zero-order valence-electron chi connectivity index (χ0n) is 15.8. The van der Waals surface area contributed by atoms with Gasteiger partial charge in [0, 0.05) is 0 Å². The zero-order chi connectivity index (χ0) is 18.6. The van der Waals surface area contributed by atoms with Gasteiger partial charge in [-0.1, -0.05) is 57.0 Å². The van der Waals surface area contributed by atoms with Crippen molar-refractivity contribution in [1.29, 1.82) is 0 Å². The number of rotatable bonds is 7. The van der Waals surface area contributed by atoms with E-state index < -0.39 is 0 Å². The molecule has 2 aromatic carbocycles. The fourth-order valence-corrected chi connectivity index (χ4v) is 3.32. The number of hydrogen-bond acceptors (Lipinski definition) is 4. The Labute approximate surface area is 158 Å². The number of unbranched alkanes of at least 4 members (excludes halogenated alkanes) is 1. The Bertz CT molecular complexity index is 932. The summed E-state index contributed by atoms with van der Waals surface area (Å²) in [5.74, 6) is 1.57. The van der Waals surface area contributed by atoms with Crippen molar-refractivity contribution in [2.45, 2.75) is 39.5 Å². The second kappa shape index (κ2) is 7.78. The minimum absolute atomic E-state index is 0.435. The summed E-state index contributed by atoms with van der Waals surface area (Å²) in [7, 11) is 0. The average Bonchev–Trinajstić information content (AvgIpc) is 3.32. The number of hydrogen-bond donors (Lipinski definition) is 0. The summed E-state index contributed by atoms with van der Waals surface area (Å²) in [5, 5.41) is 0. The van der Waals surface area contributed by atoms with Gasteiger partial charge in [0.15, 0.2) is 11.2 Å². The third kappa shape index (κ3) is 3.65. The fourth-order valence-electron chi connectivity index (χ4n) is 3.32. The Morgan fingerprint density at radius 2 is 1.44 bits per heavy atom. The topological polar surface area (TPSA) is 52.1 Å². The van der Waals surface area contributed by atoms with Gasteiger partial charge in [0.25, 0.3) is 0 Å². The molecule has 2 heterocycles. The molecule has 2 aromatic heterocycles. The lowest BCUT2D eigenvalue weighted by Gasteiger charge is -2.10. The molecule has 4 nitrogen and oxygen atoms in total. The quantitative estimate of drug-likeness (QED) is 0.372. The highest BCUT2D eigenvalue weighted by Crippen LogP contribution is 2.31. The predicted molar refractivity (Wildman–Crippen MR) is 108 cm³/mol. The van der Waals surface area contributed by atoms with Crippen molar-refractivity contribution >= 4 is 27.8 Å². The molecule has 1 atom stereocenters. The zero-order valence-corrected chi connectivity index (χ0v) is 15.8. The van der Waals surface area contributed by atoms with E-state index in [0.717, 1.165) is 40.6 Å². The third-order valence-corrected chi connectivity index (χ3v) is 4.90. The summed E-state index contributed by atoms with van der Waals surface area (Å²) in [5.41, 5.74) is 4.07. The first-order valence-electron chi connectivity index (χ1n) is 9.72. The molecule has 0 spiro atoms. The van der Waals surface area contributed by atoms with Crippen LogP contribution in [-0.4, -0.2) is 9.97 Å². The maximum Gasteiger partial charge on any atom is 0.232 e. The largest absolute Gasteiger partial charge is 0.436 e. The van der Waals surface area contributed by atoms with Crippen LogP contribution in [0.5, 0.6) is 0 Å². The molecule has 0 aliphatic rings. The molecule has 0 fully saturated rings. The highest BCUT2D eigenvalue weighted by atomic mass is 16.4. The summed E-state index contributed by atoms with van der Waals surface area (Å²) >= 11 is 0. The first-order chi connectivity index (χ1) is 13.3. The number of oxazole rings is 2. The van der Waals surface area contributed by atoms with Gasteiger partial charge in [-0.15, -0.1) is 0 Å². The highest BCUT2D eigenvalue weighted by molar-refractivity contribution is 5.82. The van der Waals surface area contributed by atoms with E-state index >= 15 is 0 Å². The fraction of sp³-hybridized carbons (Fsp3) is 0.304. The predicted octanol–water partition coefficient (Wildman–Crippen LogP) is 6.62. The lowest BCUT2D eigenvalue weighted by molar-refractivity contribution is 0.529. The molecule has 0 aliphatic heterocycles. The summed E-state index contributed by atoms with van der Waals surface area (Å²) in [6.45, 7) is 4.44. The van der Waals surface area contributed by atoms with Crippen LogP contribution < -0.4 is 0 Å². The van der Waals surface area contributed by atoms with E-state index in [1.807, 2.05) is 48.5 Å². The van der Waals surface area contributed by atoms with Crippen LogP contribution >= 0.6 is 0 Å². The number of aromatic nitrogens is 2. The molecule has 4 aromatic rings. The molecule has 0 saturated heterocycles. The van der Waals surface area contributed by atoms with E-state index in [9.17, 15) is 0 Å². The first kappa shape index (κ1) is 17.5. The number of nitrogens with zero attached hydrogens (tertiary/aromatic N) is 2. The average molecular weight is 360 g/mol. The molecule has 0 saturated carbocycles. The molecule has 0 aliphatic carbocycles. The SMILES string of the molecule is CCCCC(C=C(c1nc2ccccc2o1)c1nc2ccccc2o1)CC. The van der Waals surface area contributed by atoms with E-state index in [0.29, 0.717) is 17.7 Å². The van der Waals surface area contributed by atoms with Crippen molar-refractivity contribution < 1.29 is 8.83 Å². The van der Waals surface area contributed by atoms with Gasteiger partial charge in [-0.25, -0.2) is 9.97 Å². The van der Waals surface area contributed by atoms with Crippen LogP contribution in [0.2, 0.25) is 0 Å². The summed E-state index contributed by atoms with van der Waals surface area (Å²) in [4.78, 5) is 9.38. The van der Waals surface area contributed by atoms with Crippen molar-refractivity contribution in [2.24, 2.45) is 5.92 Å². The first-order valence-corrected chi connectivity index (χ1v) is 9.72. The van der Waals surface area contributed by atoms with Crippen LogP contribution in [0.25, 0.3) is 27.8 Å². The molecular formula is C23H24N2O2. The van der Waals surface area contributed by atoms with Crippen molar-refractivity contribution in [3.05, 3.63) is 66.4 Å². The van der Waals surface area contributed by atoms with Crippen molar-refractivity contribution in [3.63, 3.8) is 0 Å². The van der Waals surface area contributed by atoms with Crippen LogP contribution in [0.4, 0.5) is 0 Å². The lowest BCUT2D eigenvalue weighted by atomic mass is 9.96. The van der Waals surface area contributed by atoms with Gasteiger partial charge in [0.05, 0.1) is 5.57 Å². The molecule has 0 radical (unpaired) electrons. The standard InChI is InChI=1S/C23H24N2O2/c1-3-5-10-16(4-2)15-17(22-24-18-11-6-8-13-20(18)26-22)23-25-19-12-7-9-14-21(19)27-23/h6-9,11-16H,3-5,10H2,1-2H3. The van der Waals surface area contributed by atoms with E-state index in [4.69, 9.17) is 18.8 Å². The second-order valence-corrected chi connectivity index (χ2v) is 6.86. The van der Waals surface area contributed by atoms with Gasteiger partial charge in [-0.05, 0) is 43.0 Å². The molecule has 138 valence electrons. The molecular weight excluding hydrogens is 336 g/mol. The van der Waals surface area contributed by atoms with E-state index in [1.54, 1.807) is 0 Å². The minimum atomic E-state index is 0.435. The summed E-state index contributed by atoms with van der Waals surface area (Å²) in [6, 6.07) is 15.6. The Kier molecular flexibility index (Phi) is 5.05. The highest BCUT2D eigenvalue weighted by Gasteiger charge is 2.20. The third-order valence-electron chi connectivity index (χ3n) is 4.90. The van der Waals surface area contributed by atoms with Crippen LogP contribution in [-0.2, 0) is 0 Å². The summed E-state index contributed by atoms with van der Waals surface area (Å²) in [6.07, 6.45) is 6.81. The van der Waals surface area contributed by atoms with Gasteiger partial charge in [-0.3, -0.25) is 0 Å². The van der Waals surface area contributed by atoms with Crippen molar-refractivity contribution in [1.82, 2.24) is 9.97 Å². The Morgan fingerprint density at radius 1 is 0.889 bits per heavy atom. The molecule has 0 N–H and O–H groups in total. The normalized spacial score (nSPS) is 12.5. The van der Waals surface area contributed by atoms with Crippen LogP contribution in [0.3, 0.4) is 0 Å². The van der Waals surface area contributed by atoms with Crippen molar-refractivity contribution in [2.75, 3.05) is 0 Å². The maximum atomic E-state index is 6.05. The lowest BCUT2D eigenvalue weighted by Crippen LogP contribution is -1.98. The smallest absolute Gasteiger partial charge is 0.232 e. The summed E-state index contributed by atoms with van der Waals surface area (Å²) < 4.78 is 12.1. The molecule has 1 unspecified atom stereocenters. The molecule has 4 rings (SSSR count). The van der Waals surface area contributed by atoms with Crippen LogP contribution in [0.15, 0.2) is 63.4 Å². The molecule has 0 bridgehead atoms. The monoisotopic (exact) mass is 360 g/mol. The minimum Gasteiger partial charge on any atom is -0.436 e. The van der Waals surface area contributed by atoms with Gasteiger partial charge in [0.2, 0.25) is 11.8 Å². The van der Waals surface area contributed by atoms with Gasteiger partial charge in [-0.2, -0.15) is 0 Å². The van der Waals surface area contributed by atoms with Gasteiger partial charge in [0.1, 0.15) is 11.0 Å². The van der Waals surface area contributed by atoms with E-state index in [2.05, 4.69) is 19.9 Å². The Hall–Kier alpha value is -2.88. The number of fused-ring (bicyclic) bond motifs is 2. The molecule has 0 amide bonds. The van der Waals surface area contributed by atoms with Gasteiger partial charge >= 0.3 is 0 Å². The van der Waals surface area contributed by atoms with E-state index in [1.165, 1.54) is 12.8 Å². The second-order valence-electron chi connectivity index (χ2n) is 6.86. The van der Waals surface area contributed by atoms with E-state index in [-0.39, 0.29) is 0 Å².